The molecular formula is C30H59NaO6S. The maximum absolute atomic E-state index is 10.3. The van der Waals surface area contributed by atoms with Gasteiger partial charge in [0.2, 0.25) is 10.4 Å². The van der Waals surface area contributed by atoms with Crippen molar-refractivity contribution in [1.82, 2.24) is 0 Å². The van der Waals surface area contributed by atoms with Crippen LogP contribution in [0, 0.1) is 0 Å². The first-order valence-electron chi connectivity index (χ1n) is 15.3. The van der Waals surface area contributed by atoms with Crippen LogP contribution < -0.4 is 29.6 Å². The molecule has 0 fully saturated rings. The molecule has 0 aliphatic rings. The predicted octanol–water partition coefficient (Wildman–Crippen LogP) is 6.50. The molecule has 0 amide bonds. The molecule has 222 valence electrons. The third kappa shape index (κ3) is 46.0. The number of carboxylic acid groups (broad SMARTS) is 1. The number of rotatable bonds is 27. The van der Waals surface area contributed by atoms with Gasteiger partial charge in [0.05, 0.1) is 6.61 Å². The van der Waals surface area contributed by atoms with Crippen LogP contribution in [0.2, 0.25) is 0 Å². The molecule has 0 atom stereocenters. The normalized spacial score (nSPS) is 11.2. The van der Waals surface area contributed by atoms with Crippen molar-refractivity contribution in [2.45, 2.75) is 168 Å². The molecule has 38 heavy (non-hydrogen) atoms. The molecule has 0 unspecified atom stereocenters. The average Bonchev–Trinajstić information content (AvgIpc) is 2.84. The molecule has 0 spiro atoms. The van der Waals surface area contributed by atoms with Crippen LogP contribution in [0.1, 0.15) is 168 Å². The van der Waals surface area contributed by atoms with E-state index in [2.05, 4.69) is 30.2 Å². The fourth-order valence-corrected chi connectivity index (χ4v) is 4.42. The smallest absolute Gasteiger partial charge is 0.726 e. The second-order valence-corrected chi connectivity index (χ2v) is 11.2. The summed E-state index contributed by atoms with van der Waals surface area (Å²) < 4.78 is 34.5. The fraction of sp³-hybridized carbons (Fsp3) is 0.900. The van der Waals surface area contributed by atoms with Crippen molar-refractivity contribution in [3.8, 4) is 0 Å². The monoisotopic (exact) mass is 570 g/mol. The van der Waals surface area contributed by atoms with E-state index in [0.717, 1.165) is 25.7 Å². The maximum atomic E-state index is 10.3. The largest absolute Gasteiger partial charge is 1.00 e. The number of hydrogen-bond donors (Lipinski definition) is 1. The Kier molecular flexibility index (Phi) is 39.3. The van der Waals surface area contributed by atoms with Gasteiger partial charge in [-0.25, -0.2) is 8.42 Å². The second-order valence-electron chi connectivity index (χ2n) is 10.1. The number of allylic oxidation sites excluding steroid dienone is 2. The van der Waals surface area contributed by atoms with Crippen LogP contribution in [0.4, 0.5) is 0 Å². The maximum Gasteiger partial charge on any atom is 1.00 e. The third-order valence-electron chi connectivity index (χ3n) is 6.38. The van der Waals surface area contributed by atoms with E-state index in [1.807, 2.05) is 0 Å². The number of hydrogen-bond acceptors (Lipinski definition) is 5. The van der Waals surface area contributed by atoms with E-state index in [1.165, 1.54) is 116 Å². The Labute approximate surface area is 258 Å². The number of aliphatic carboxylic acids is 1. The van der Waals surface area contributed by atoms with E-state index < -0.39 is 16.4 Å². The molecule has 0 aliphatic carbocycles. The fourth-order valence-electron chi connectivity index (χ4n) is 4.10. The number of carboxylic acids is 1. The molecule has 0 aliphatic heterocycles. The van der Waals surface area contributed by atoms with Crippen LogP contribution in [-0.2, 0) is 19.4 Å². The Morgan fingerprint density at radius 2 is 0.974 bits per heavy atom. The van der Waals surface area contributed by atoms with Gasteiger partial charge in [-0.05, 0) is 38.5 Å². The molecule has 0 aromatic carbocycles. The van der Waals surface area contributed by atoms with Gasteiger partial charge in [-0.15, -0.1) is 0 Å². The summed E-state index contributed by atoms with van der Waals surface area (Å²) in [5.41, 5.74) is 0. The van der Waals surface area contributed by atoms with Gasteiger partial charge in [0.1, 0.15) is 0 Å². The number of carbonyl (C=O) groups is 1. The second kappa shape index (κ2) is 35.1. The van der Waals surface area contributed by atoms with E-state index in [9.17, 15) is 17.8 Å². The first kappa shape index (κ1) is 42.5. The first-order valence-corrected chi connectivity index (χ1v) is 16.6. The minimum Gasteiger partial charge on any atom is -0.726 e. The van der Waals surface area contributed by atoms with Crippen LogP contribution in [0.15, 0.2) is 12.2 Å². The Hall–Kier alpha value is 0.0800. The van der Waals surface area contributed by atoms with Crippen molar-refractivity contribution in [2.75, 3.05) is 6.61 Å². The summed E-state index contributed by atoms with van der Waals surface area (Å²) in [5.74, 6) is -0.664. The molecule has 0 bridgehead atoms. The van der Waals surface area contributed by atoms with Gasteiger partial charge < -0.3 is 9.66 Å². The minimum atomic E-state index is -4.48. The summed E-state index contributed by atoms with van der Waals surface area (Å²) in [7, 11) is -4.48. The minimum absolute atomic E-state index is 0. The molecule has 0 heterocycles. The van der Waals surface area contributed by atoms with Crippen LogP contribution in [-0.4, -0.2) is 30.7 Å². The zero-order chi connectivity index (χ0) is 27.9. The van der Waals surface area contributed by atoms with Gasteiger partial charge >= 0.3 is 35.5 Å². The van der Waals surface area contributed by atoms with Crippen LogP contribution in [0.3, 0.4) is 0 Å². The molecule has 1 N–H and O–H groups in total. The van der Waals surface area contributed by atoms with Crippen LogP contribution >= 0.6 is 0 Å². The van der Waals surface area contributed by atoms with E-state index in [-0.39, 0.29) is 36.2 Å². The van der Waals surface area contributed by atoms with Crippen LogP contribution in [0.25, 0.3) is 0 Å². The molecule has 0 saturated carbocycles. The Morgan fingerprint density at radius 1 is 0.632 bits per heavy atom. The van der Waals surface area contributed by atoms with E-state index in [4.69, 9.17) is 5.11 Å². The number of unbranched alkanes of at least 4 members (excludes halogenated alkanes) is 20. The van der Waals surface area contributed by atoms with Crippen molar-refractivity contribution in [3.63, 3.8) is 0 Å². The van der Waals surface area contributed by atoms with Gasteiger partial charge in [-0.2, -0.15) is 0 Å². The summed E-state index contributed by atoms with van der Waals surface area (Å²) in [6, 6.07) is 0. The molecule has 0 radical (unpaired) electrons. The first-order chi connectivity index (χ1) is 17.8. The Balaban J connectivity index is -0.000000636. The average molecular weight is 571 g/mol. The summed E-state index contributed by atoms with van der Waals surface area (Å²) in [4.78, 5) is 10.3. The molecule has 0 rings (SSSR count). The van der Waals surface area contributed by atoms with Crippen molar-refractivity contribution in [1.29, 1.82) is 0 Å². The van der Waals surface area contributed by atoms with E-state index in [0.29, 0.717) is 12.8 Å². The van der Waals surface area contributed by atoms with E-state index in [1.54, 1.807) is 0 Å². The van der Waals surface area contributed by atoms with Crippen molar-refractivity contribution < 1.29 is 56.6 Å². The Morgan fingerprint density at radius 3 is 1.34 bits per heavy atom. The van der Waals surface area contributed by atoms with Gasteiger partial charge in [0.25, 0.3) is 0 Å². The molecule has 6 nitrogen and oxygen atoms in total. The quantitative estimate of drug-likeness (QED) is 0.0398. The molecular weight excluding hydrogens is 511 g/mol. The third-order valence-corrected chi connectivity index (χ3v) is 6.83. The topological polar surface area (TPSA) is 104 Å². The molecule has 0 saturated heterocycles. The standard InChI is InChI=1S/C18H34O2.C12H26O4S.Na/c1-2-3-4-5-6-7-8-9-10-11-12-13-14-15-16-17-18(19)20;1-2-3-4-5-6-7-8-9-10-11-12-16-17(13,14)15;/h9-10H,2-8,11-17H2,1H3,(H,19,20);2-12H2,1H3,(H,13,14,15);/q;;+1/p-1. The van der Waals surface area contributed by atoms with Gasteiger partial charge in [0, 0.05) is 6.42 Å². The van der Waals surface area contributed by atoms with E-state index >= 15 is 0 Å². The molecule has 0 aromatic rings. The zero-order valence-electron chi connectivity index (χ0n) is 25.2. The summed E-state index contributed by atoms with van der Waals surface area (Å²) >= 11 is 0. The SMILES string of the molecule is CCCCCCCCC=CCCCCCCCC(=O)O.CCCCCCCCCCCCOS(=O)(=O)[O-].[Na+]. The van der Waals surface area contributed by atoms with Crippen molar-refractivity contribution >= 4 is 16.4 Å². The van der Waals surface area contributed by atoms with Crippen LogP contribution in [0.5, 0.6) is 0 Å². The summed E-state index contributed by atoms with van der Waals surface area (Å²) in [6.45, 7) is 4.50. The van der Waals surface area contributed by atoms with Gasteiger partial charge in [-0.3, -0.25) is 8.98 Å². The molecule has 0 aromatic heterocycles. The van der Waals surface area contributed by atoms with Crippen molar-refractivity contribution in [2.24, 2.45) is 0 Å². The Bertz CT molecular complexity index is 596. The summed E-state index contributed by atoms with van der Waals surface area (Å²) in [6.07, 6.45) is 32.9. The predicted molar refractivity (Wildman–Crippen MR) is 155 cm³/mol. The van der Waals surface area contributed by atoms with Crippen molar-refractivity contribution in [3.05, 3.63) is 12.2 Å². The van der Waals surface area contributed by atoms with Gasteiger partial charge in [-0.1, -0.05) is 135 Å². The molecule has 8 heteroatoms. The zero-order valence-corrected chi connectivity index (χ0v) is 28.0. The van der Waals surface area contributed by atoms with Gasteiger partial charge in [0.15, 0.2) is 0 Å². The summed E-state index contributed by atoms with van der Waals surface area (Å²) in [5, 5.41) is 8.51.